The van der Waals surface area contributed by atoms with E-state index in [-0.39, 0.29) is 23.8 Å². The molecule has 0 spiro atoms. The Bertz CT molecular complexity index is 1060. The number of nitrogens with one attached hydrogen (secondary N) is 1. The van der Waals surface area contributed by atoms with Gasteiger partial charge in [-0.2, -0.15) is 5.10 Å². The first kappa shape index (κ1) is 18.0. The Morgan fingerprint density at radius 2 is 2.14 bits per heavy atom. The molecule has 8 heteroatoms. The van der Waals surface area contributed by atoms with E-state index in [2.05, 4.69) is 20.3 Å². The van der Waals surface area contributed by atoms with Crippen LogP contribution in [0.2, 0.25) is 0 Å². The summed E-state index contributed by atoms with van der Waals surface area (Å²) >= 11 is 0. The van der Waals surface area contributed by atoms with E-state index in [1.54, 1.807) is 16.9 Å². The van der Waals surface area contributed by atoms with E-state index < -0.39 is 0 Å². The molecule has 1 unspecified atom stereocenters. The number of carbonyl (C=O) groups is 1. The molecule has 1 saturated heterocycles. The van der Waals surface area contributed by atoms with Crippen LogP contribution in [0.3, 0.4) is 0 Å². The molecule has 3 aromatic rings. The smallest absolute Gasteiger partial charge is 0.256 e. The number of carbonyl (C=O) groups excluding carboxylic acids is 1. The van der Waals surface area contributed by atoms with Crippen molar-refractivity contribution in [3.63, 3.8) is 0 Å². The first-order chi connectivity index (χ1) is 14.1. The number of halogens is 1. The van der Waals surface area contributed by atoms with Gasteiger partial charge in [0.1, 0.15) is 17.2 Å². The van der Waals surface area contributed by atoms with Gasteiger partial charge in [0, 0.05) is 25.0 Å². The molecule has 2 atom stereocenters. The molecule has 1 aliphatic carbocycles. The molecule has 0 aromatic carbocycles. The molecule has 1 aliphatic heterocycles. The molecule has 2 aliphatic rings. The van der Waals surface area contributed by atoms with Gasteiger partial charge in [-0.1, -0.05) is 0 Å². The molecule has 1 saturated carbocycles. The number of nitrogens with zero attached hydrogens (tertiary/aromatic N) is 5. The predicted molar refractivity (Wildman–Crippen MR) is 106 cm³/mol. The van der Waals surface area contributed by atoms with Crippen LogP contribution >= 0.6 is 0 Å². The van der Waals surface area contributed by atoms with Gasteiger partial charge in [0.2, 0.25) is 0 Å². The molecule has 1 amide bonds. The second-order valence-corrected chi connectivity index (χ2v) is 8.00. The van der Waals surface area contributed by atoms with Crippen molar-refractivity contribution in [2.45, 2.75) is 44.7 Å². The van der Waals surface area contributed by atoms with Crippen molar-refractivity contribution < 1.29 is 9.18 Å². The number of pyridine rings is 1. The third-order valence-electron chi connectivity index (χ3n) is 5.94. The van der Waals surface area contributed by atoms with Gasteiger partial charge in [-0.25, -0.2) is 13.9 Å². The highest BCUT2D eigenvalue weighted by molar-refractivity contribution is 5.99. The number of anilines is 1. The fourth-order valence-corrected chi connectivity index (χ4v) is 4.18. The van der Waals surface area contributed by atoms with Crippen LogP contribution in [-0.4, -0.2) is 38.1 Å². The van der Waals surface area contributed by atoms with E-state index in [1.807, 2.05) is 19.2 Å². The van der Waals surface area contributed by atoms with Crippen molar-refractivity contribution in [2.75, 3.05) is 11.4 Å². The van der Waals surface area contributed by atoms with E-state index in [0.717, 1.165) is 30.8 Å². The molecular formula is C21H23FN6O. The average Bonchev–Trinajstić information content (AvgIpc) is 3.30. The van der Waals surface area contributed by atoms with Gasteiger partial charge in [0.05, 0.1) is 18.4 Å². The van der Waals surface area contributed by atoms with E-state index in [1.165, 1.54) is 25.1 Å². The van der Waals surface area contributed by atoms with Crippen molar-refractivity contribution in [3.05, 3.63) is 53.9 Å². The lowest BCUT2D eigenvalue weighted by molar-refractivity contribution is 0.0937. The van der Waals surface area contributed by atoms with Crippen LogP contribution in [0.4, 0.5) is 10.2 Å². The molecule has 150 valence electrons. The standard InChI is InChI=1S/C21H23FN6O/c1-13(14-4-5-14)25-21(29)17-12-24-28-8-6-19(26-20(17)28)27-7-2-3-18(27)15-9-16(22)11-23-10-15/h6,8-14,18H,2-5,7H2,1H3,(H,25,29)/t13?,18-/m1/s1. The zero-order valence-electron chi connectivity index (χ0n) is 16.3. The highest BCUT2D eigenvalue weighted by Crippen LogP contribution is 2.35. The van der Waals surface area contributed by atoms with Crippen molar-refractivity contribution in [1.29, 1.82) is 0 Å². The number of hydrogen-bond donors (Lipinski definition) is 1. The molecule has 0 bridgehead atoms. The second-order valence-electron chi connectivity index (χ2n) is 8.00. The summed E-state index contributed by atoms with van der Waals surface area (Å²) in [7, 11) is 0. The Morgan fingerprint density at radius 3 is 2.93 bits per heavy atom. The third kappa shape index (κ3) is 3.43. The van der Waals surface area contributed by atoms with E-state index >= 15 is 0 Å². The molecular weight excluding hydrogens is 371 g/mol. The van der Waals surface area contributed by atoms with Crippen LogP contribution in [0, 0.1) is 11.7 Å². The van der Waals surface area contributed by atoms with Crippen molar-refractivity contribution in [1.82, 2.24) is 24.9 Å². The summed E-state index contributed by atoms with van der Waals surface area (Å²) in [6.07, 6.45) is 10.5. The Balaban J connectivity index is 1.45. The first-order valence-corrected chi connectivity index (χ1v) is 10.1. The van der Waals surface area contributed by atoms with Crippen LogP contribution in [0.5, 0.6) is 0 Å². The lowest BCUT2D eigenvalue weighted by atomic mass is 10.1. The molecule has 2 fully saturated rings. The summed E-state index contributed by atoms with van der Waals surface area (Å²) in [5.74, 6) is 0.859. The van der Waals surface area contributed by atoms with Crippen molar-refractivity contribution >= 4 is 17.4 Å². The Labute approximate surface area is 168 Å². The third-order valence-corrected chi connectivity index (χ3v) is 5.94. The maximum absolute atomic E-state index is 13.7. The maximum Gasteiger partial charge on any atom is 0.256 e. The van der Waals surface area contributed by atoms with Gasteiger partial charge >= 0.3 is 0 Å². The molecule has 3 aromatic heterocycles. The predicted octanol–water partition coefficient (Wildman–Crippen LogP) is 3.13. The average molecular weight is 394 g/mol. The largest absolute Gasteiger partial charge is 0.349 e. The summed E-state index contributed by atoms with van der Waals surface area (Å²) in [4.78, 5) is 23.7. The second kappa shape index (κ2) is 7.09. The Hall–Kier alpha value is -3.03. The minimum absolute atomic E-state index is 0.0169. The van der Waals surface area contributed by atoms with Gasteiger partial charge in [0.15, 0.2) is 5.65 Å². The van der Waals surface area contributed by atoms with Crippen molar-refractivity contribution in [2.24, 2.45) is 5.92 Å². The number of fused-ring (bicyclic) bond motifs is 1. The van der Waals surface area contributed by atoms with Gasteiger partial charge in [-0.05, 0) is 56.2 Å². The number of amides is 1. The molecule has 5 rings (SSSR count). The zero-order chi connectivity index (χ0) is 20.0. The van der Waals surface area contributed by atoms with Gasteiger partial charge in [0.25, 0.3) is 5.91 Å². The van der Waals surface area contributed by atoms with Gasteiger partial charge in [-0.15, -0.1) is 0 Å². The van der Waals surface area contributed by atoms with E-state index in [0.29, 0.717) is 17.1 Å². The van der Waals surface area contributed by atoms with Crippen LogP contribution in [0.1, 0.15) is 54.6 Å². The molecule has 4 heterocycles. The van der Waals surface area contributed by atoms with Crippen LogP contribution < -0.4 is 10.2 Å². The number of aromatic nitrogens is 4. The number of hydrogen-bond acceptors (Lipinski definition) is 5. The van der Waals surface area contributed by atoms with Crippen LogP contribution in [-0.2, 0) is 0 Å². The summed E-state index contributed by atoms with van der Waals surface area (Å²) in [6, 6.07) is 3.60. The Morgan fingerprint density at radius 1 is 1.28 bits per heavy atom. The summed E-state index contributed by atoms with van der Waals surface area (Å²) in [5, 5.41) is 7.35. The fraction of sp³-hybridized carbons (Fsp3) is 0.429. The molecule has 29 heavy (non-hydrogen) atoms. The minimum atomic E-state index is -0.336. The minimum Gasteiger partial charge on any atom is -0.349 e. The van der Waals surface area contributed by atoms with Crippen LogP contribution in [0.15, 0.2) is 36.9 Å². The zero-order valence-corrected chi connectivity index (χ0v) is 16.3. The normalized spacial score (nSPS) is 20.2. The molecule has 1 N–H and O–H groups in total. The monoisotopic (exact) mass is 394 g/mol. The summed E-state index contributed by atoms with van der Waals surface area (Å²) in [6.45, 7) is 2.86. The maximum atomic E-state index is 13.7. The number of rotatable bonds is 5. The molecule has 0 radical (unpaired) electrons. The lowest BCUT2D eigenvalue weighted by Gasteiger charge is -2.26. The van der Waals surface area contributed by atoms with Crippen molar-refractivity contribution in [3.8, 4) is 0 Å². The molecule has 7 nitrogen and oxygen atoms in total. The topological polar surface area (TPSA) is 75.4 Å². The van der Waals surface area contributed by atoms with E-state index in [9.17, 15) is 9.18 Å². The van der Waals surface area contributed by atoms with Gasteiger partial charge < -0.3 is 10.2 Å². The fourth-order valence-electron chi connectivity index (χ4n) is 4.18. The highest BCUT2D eigenvalue weighted by Gasteiger charge is 2.31. The van der Waals surface area contributed by atoms with Crippen LogP contribution in [0.25, 0.3) is 5.65 Å². The SMILES string of the molecule is CC(NC(=O)c1cnn2ccc(N3CCC[C@@H]3c3cncc(F)c3)nc12)C1CC1. The highest BCUT2D eigenvalue weighted by atomic mass is 19.1. The quantitative estimate of drug-likeness (QED) is 0.720. The Kier molecular flexibility index (Phi) is 4.41. The van der Waals surface area contributed by atoms with Gasteiger partial charge in [-0.3, -0.25) is 9.78 Å². The summed E-state index contributed by atoms with van der Waals surface area (Å²) in [5.41, 5.74) is 1.85. The first-order valence-electron chi connectivity index (χ1n) is 10.1. The lowest BCUT2D eigenvalue weighted by Crippen LogP contribution is -2.34. The van der Waals surface area contributed by atoms with E-state index in [4.69, 9.17) is 4.98 Å². The summed E-state index contributed by atoms with van der Waals surface area (Å²) < 4.78 is 15.3.